The number of amides is 1. The third kappa shape index (κ3) is 4.29. The summed E-state index contributed by atoms with van der Waals surface area (Å²) in [6.45, 7) is 3.14. The fraction of sp³-hybridized carbons (Fsp3) is 0.278. The van der Waals surface area contributed by atoms with E-state index >= 15 is 0 Å². The summed E-state index contributed by atoms with van der Waals surface area (Å²) in [5.41, 5.74) is 0.621. The van der Waals surface area contributed by atoms with Crippen LogP contribution in [-0.2, 0) is 17.9 Å². The van der Waals surface area contributed by atoms with Crippen molar-refractivity contribution >= 4 is 39.9 Å². The van der Waals surface area contributed by atoms with Gasteiger partial charge in [-0.25, -0.2) is 4.98 Å². The number of nitrogens with zero attached hydrogens (tertiary/aromatic N) is 2. The SMILES string of the molecule is CCCn1c(SCC(=O)NCc2cccs2)nc2ccccc2c1=O. The fourth-order valence-corrected chi connectivity index (χ4v) is 3.96. The molecule has 0 spiro atoms. The second-order valence-electron chi connectivity index (χ2n) is 5.51. The average molecular weight is 374 g/mol. The maximum absolute atomic E-state index is 12.7. The summed E-state index contributed by atoms with van der Waals surface area (Å²) < 4.78 is 1.67. The van der Waals surface area contributed by atoms with Gasteiger partial charge in [-0.3, -0.25) is 14.2 Å². The highest BCUT2D eigenvalue weighted by Crippen LogP contribution is 2.18. The Morgan fingerprint density at radius 1 is 1.28 bits per heavy atom. The molecule has 0 aliphatic heterocycles. The molecule has 0 unspecified atom stereocenters. The molecule has 3 rings (SSSR count). The number of carbonyl (C=O) groups excluding carboxylic acids is 1. The van der Waals surface area contributed by atoms with E-state index in [1.807, 2.05) is 42.6 Å². The van der Waals surface area contributed by atoms with Crippen LogP contribution in [0.1, 0.15) is 18.2 Å². The zero-order chi connectivity index (χ0) is 17.6. The van der Waals surface area contributed by atoms with Crippen LogP contribution in [0.2, 0.25) is 0 Å². The van der Waals surface area contributed by atoms with E-state index < -0.39 is 0 Å². The van der Waals surface area contributed by atoms with E-state index in [0.717, 1.165) is 11.3 Å². The zero-order valence-electron chi connectivity index (χ0n) is 13.9. The molecule has 0 aliphatic carbocycles. The Hall–Kier alpha value is -2.12. The van der Waals surface area contributed by atoms with Gasteiger partial charge in [0.15, 0.2) is 5.16 Å². The predicted octanol–water partition coefficient (Wildman–Crippen LogP) is 3.28. The highest BCUT2D eigenvalue weighted by molar-refractivity contribution is 7.99. The van der Waals surface area contributed by atoms with Gasteiger partial charge in [-0.05, 0) is 30.0 Å². The van der Waals surface area contributed by atoms with Crippen LogP contribution in [-0.4, -0.2) is 21.2 Å². The van der Waals surface area contributed by atoms with E-state index in [0.29, 0.717) is 29.1 Å². The number of benzene rings is 1. The van der Waals surface area contributed by atoms with Crippen LogP contribution in [0, 0.1) is 0 Å². The number of carbonyl (C=O) groups is 1. The number of aromatic nitrogens is 2. The molecule has 2 aromatic heterocycles. The molecular formula is C18H19N3O2S2. The fourth-order valence-electron chi connectivity index (χ4n) is 2.46. The topological polar surface area (TPSA) is 64.0 Å². The number of para-hydroxylation sites is 1. The molecule has 0 fully saturated rings. The third-order valence-electron chi connectivity index (χ3n) is 3.65. The van der Waals surface area contributed by atoms with Crippen molar-refractivity contribution in [3.8, 4) is 0 Å². The maximum atomic E-state index is 12.7. The van der Waals surface area contributed by atoms with Gasteiger partial charge in [-0.1, -0.05) is 36.9 Å². The lowest BCUT2D eigenvalue weighted by atomic mass is 10.2. The van der Waals surface area contributed by atoms with Crippen molar-refractivity contribution in [2.75, 3.05) is 5.75 Å². The molecule has 2 heterocycles. The molecule has 1 N–H and O–H groups in total. The molecule has 3 aromatic rings. The monoisotopic (exact) mass is 373 g/mol. The number of hydrogen-bond acceptors (Lipinski definition) is 5. The largest absolute Gasteiger partial charge is 0.350 e. The molecule has 0 aliphatic rings. The lowest BCUT2D eigenvalue weighted by Crippen LogP contribution is -2.26. The average Bonchev–Trinajstić information content (AvgIpc) is 3.14. The minimum atomic E-state index is -0.0659. The van der Waals surface area contributed by atoms with Gasteiger partial charge in [0.1, 0.15) is 0 Å². The molecule has 0 saturated carbocycles. The van der Waals surface area contributed by atoms with Crippen LogP contribution in [0.4, 0.5) is 0 Å². The summed E-state index contributed by atoms with van der Waals surface area (Å²) in [6.07, 6.45) is 0.831. The highest BCUT2D eigenvalue weighted by atomic mass is 32.2. The zero-order valence-corrected chi connectivity index (χ0v) is 15.5. The lowest BCUT2D eigenvalue weighted by molar-refractivity contribution is -0.118. The van der Waals surface area contributed by atoms with Crippen molar-refractivity contribution in [2.45, 2.75) is 31.6 Å². The van der Waals surface area contributed by atoms with Crippen LogP contribution < -0.4 is 10.9 Å². The van der Waals surface area contributed by atoms with Crippen molar-refractivity contribution in [1.29, 1.82) is 0 Å². The Morgan fingerprint density at radius 2 is 2.12 bits per heavy atom. The number of rotatable bonds is 7. The summed E-state index contributed by atoms with van der Waals surface area (Å²) in [4.78, 5) is 30.5. The number of thioether (sulfide) groups is 1. The number of hydrogen-bond donors (Lipinski definition) is 1. The van der Waals surface area contributed by atoms with Crippen LogP contribution in [0.25, 0.3) is 10.9 Å². The van der Waals surface area contributed by atoms with Gasteiger partial charge in [0.2, 0.25) is 5.91 Å². The predicted molar refractivity (Wildman–Crippen MR) is 103 cm³/mol. The lowest BCUT2D eigenvalue weighted by Gasteiger charge is -2.12. The second-order valence-corrected chi connectivity index (χ2v) is 7.49. The number of nitrogens with one attached hydrogen (secondary N) is 1. The Morgan fingerprint density at radius 3 is 2.88 bits per heavy atom. The van der Waals surface area contributed by atoms with Crippen molar-refractivity contribution in [3.05, 3.63) is 57.0 Å². The molecular weight excluding hydrogens is 354 g/mol. The van der Waals surface area contributed by atoms with Crippen molar-refractivity contribution in [2.24, 2.45) is 0 Å². The van der Waals surface area contributed by atoms with Gasteiger partial charge in [0, 0.05) is 11.4 Å². The minimum absolute atomic E-state index is 0.0473. The highest BCUT2D eigenvalue weighted by Gasteiger charge is 2.12. The van der Waals surface area contributed by atoms with Crippen LogP contribution >= 0.6 is 23.1 Å². The van der Waals surface area contributed by atoms with Gasteiger partial charge in [-0.15, -0.1) is 11.3 Å². The summed E-state index contributed by atoms with van der Waals surface area (Å²) in [5.74, 6) is 0.170. The van der Waals surface area contributed by atoms with Crippen LogP contribution in [0.5, 0.6) is 0 Å². The molecule has 1 amide bonds. The van der Waals surface area contributed by atoms with E-state index in [9.17, 15) is 9.59 Å². The molecule has 25 heavy (non-hydrogen) atoms. The second kappa shape index (κ2) is 8.31. The first-order valence-corrected chi connectivity index (χ1v) is 9.97. The maximum Gasteiger partial charge on any atom is 0.262 e. The smallest absolute Gasteiger partial charge is 0.262 e. The first-order chi connectivity index (χ1) is 12.2. The minimum Gasteiger partial charge on any atom is -0.350 e. The molecule has 0 radical (unpaired) electrons. The first-order valence-electron chi connectivity index (χ1n) is 8.10. The molecule has 0 saturated heterocycles. The van der Waals surface area contributed by atoms with E-state index in [1.54, 1.807) is 22.0 Å². The van der Waals surface area contributed by atoms with Crippen molar-refractivity contribution < 1.29 is 4.79 Å². The van der Waals surface area contributed by atoms with Gasteiger partial charge < -0.3 is 5.32 Å². The van der Waals surface area contributed by atoms with Crippen molar-refractivity contribution in [3.63, 3.8) is 0 Å². The Kier molecular flexibility index (Phi) is 5.88. The normalized spacial score (nSPS) is 10.9. The Labute approximate surface area is 154 Å². The summed E-state index contributed by atoms with van der Waals surface area (Å²) in [7, 11) is 0. The third-order valence-corrected chi connectivity index (χ3v) is 5.50. The quantitative estimate of drug-likeness (QED) is 0.510. The molecule has 5 nitrogen and oxygen atoms in total. The van der Waals surface area contributed by atoms with E-state index in [2.05, 4.69) is 10.3 Å². The molecule has 130 valence electrons. The molecule has 0 bridgehead atoms. The molecule has 1 aromatic carbocycles. The van der Waals surface area contributed by atoms with Gasteiger partial charge in [-0.2, -0.15) is 0 Å². The van der Waals surface area contributed by atoms with Gasteiger partial charge >= 0.3 is 0 Å². The summed E-state index contributed by atoms with van der Waals surface area (Å²) in [6, 6.07) is 11.3. The summed E-state index contributed by atoms with van der Waals surface area (Å²) >= 11 is 2.92. The van der Waals surface area contributed by atoms with Gasteiger partial charge in [0.05, 0.1) is 23.2 Å². The van der Waals surface area contributed by atoms with Gasteiger partial charge in [0.25, 0.3) is 5.56 Å². The summed E-state index contributed by atoms with van der Waals surface area (Å²) in [5, 5.41) is 6.09. The van der Waals surface area contributed by atoms with E-state index in [4.69, 9.17) is 0 Å². The van der Waals surface area contributed by atoms with E-state index in [1.165, 1.54) is 11.8 Å². The number of fused-ring (bicyclic) bond motifs is 1. The van der Waals surface area contributed by atoms with Crippen molar-refractivity contribution in [1.82, 2.24) is 14.9 Å². The van der Waals surface area contributed by atoms with E-state index in [-0.39, 0.29) is 17.2 Å². The number of thiophene rings is 1. The van der Waals surface area contributed by atoms with Crippen LogP contribution in [0.15, 0.2) is 51.7 Å². The molecule has 0 atom stereocenters. The Balaban J connectivity index is 1.74. The first kappa shape index (κ1) is 17.7. The Bertz CT molecular complexity index is 920. The van der Waals surface area contributed by atoms with Crippen LogP contribution in [0.3, 0.4) is 0 Å². The standard InChI is InChI=1S/C18H19N3O2S2/c1-2-9-21-17(23)14-7-3-4-8-15(14)20-18(21)25-12-16(22)19-11-13-6-5-10-24-13/h3-8,10H,2,9,11-12H2,1H3,(H,19,22). The molecule has 7 heteroatoms.